The molecule has 1 heteroatoms. The van der Waals surface area contributed by atoms with E-state index in [0.29, 0.717) is 0 Å². The Balaban J connectivity index is 1.09. The number of hydrogen-bond acceptors (Lipinski definition) is 0. The highest BCUT2D eigenvalue weighted by atomic mass is 15.0. The van der Waals surface area contributed by atoms with Gasteiger partial charge in [0, 0.05) is 21.9 Å². The standard InChI is InChI=1S/C49H33N/c1-49(2)45-29-42-38-17-9-7-15-36(38)35-14-6-8-16-37(35)41(42)28-43(45)40-24-21-32-26-30(20-23-34(32)48(40)49)31-22-25-47-44(27-31)39-18-10-11-19-46(39)50(47)33-12-4-3-5-13-33/h3-29H,1-2H3. The Kier molecular flexibility index (Phi) is 5.51. The van der Waals surface area contributed by atoms with Crippen molar-refractivity contribution in [2.24, 2.45) is 0 Å². The van der Waals surface area contributed by atoms with E-state index in [1.165, 1.54) is 104 Å². The predicted molar refractivity (Wildman–Crippen MR) is 214 cm³/mol. The molecule has 1 nitrogen and oxygen atoms in total. The molecule has 0 bridgehead atoms. The molecule has 0 saturated carbocycles. The van der Waals surface area contributed by atoms with Crippen molar-refractivity contribution >= 4 is 64.9 Å². The number of nitrogens with zero attached hydrogens (tertiary/aromatic N) is 1. The largest absolute Gasteiger partial charge is 0.309 e. The average Bonchev–Trinajstić information content (AvgIpc) is 3.62. The van der Waals surface area contributed by atoms with Gasteiger partial charge in [0.2, 0.25) is 0 Å². The normalized spacial score (nSPS) is 13.6. The SMILES string of the molecule is CC1(C)c2cc3c4ccccc4c4ccccc4c3cc2-c2ccc3cc(-c4ccc5c(c4)c4ccccc4n5-c4ccccc4)ccc3c21. The summed E-state index contributed by atoms with van der Waals surface area (Å²) in [7, 11) is 0. The van der Waals surface area contributed by atoms with Crippen LogP contribution in [0.15, 0.2) is 164 Å². The molecule has 0 unspecified atom stereocenters. The average molecular weight is 636 g/mol. The maximum absolute atomic E-state index is 2.50. The van der Waals surface area contributed by atoms with Gasteiger partial charge in [-0.15, -0.1) is 0 Å². The third-order valence-corrected chi connectivity index (χ3v) is 11.5. The van der Waals surface area contributed by atoms with Gasteiger partial charge in [0.15, 0.2) is 0 Å². The molecule has 0 N–H and O–H groups in total. The Morgan fingerprint density at radius 2 is 0.960 bits per heavy atom. The number of fused-ring (bicyclic) bond motifs is 14. The van der Waals surface area contributed by atoms with E-state index < -0.39 is 0 Å². The van der Waals surface area contributed by atoms with Crippen molar-refractivity contribution in [1.82, 2.24) is 4.57 Å². The van der Waals surface area contributed by atoms with E-state index in [0.717, 1.165) is 0 Å². The summed E-state index contributed by atoms with van der Waals surface area (Å²) in [6.45, 7) is 4.83. The lowest BCUT2D eigenvalue weighted by atomic mass is 9.79. The predicted octanol–water partition coefficient (Wildman–Crippen LogP) is 13.4. The monoisotopic (exact) mass is 635 g/mol. The Morgan fingerprint density at radius 3 is 1.70 bits per heavy atom. The summed E-state index contributed by atoms with van der Waals surface area (Å²) in [5.74, 6) is 0. The molecule has 234 valence electrons. The lowest BCUT2D eigenvalue weighted by molar-refractivity contribution is 0.667. The topological polar surface area (TPSA) is 4.93 Å². The highest BCUT2D eigenvalue weighted by molar-refractivity contribution is 6.26. The fourth-order valence-electron chi connectivity index (χ4n) is 9.24. The third-order valence-electron chi connectivity index (χ3n) is 11.5. The number of benzene rings is 9. The van der Waals surface area contributed by atoms with Gasteiger partial charge in [0.1, 0.15) is 0 Å². The molecule has 1 aliphatic carbocycles. The van der Waals surface area contributed by atoms with Crippen molar-refractivity contribution in [3.8, 4) is 27.9 Å². The minimum Gasteiger partial charge on any atom is -0.309 e. The number of hydrogen-bond donors (Lipinski definition) is 0. The maximum atomic E-state index is 2.50. The van der Waals surface area contributed by atoms with E-state index in [2.05, 4.69) is 182 Å². The van der Waals surface area contributed by atoms with E-state index in [9.17, 15) is 0 Å². The first kappa shape index (κ1) is 27.7. The van der Waals surface area contributed by atoms with Crippen LogP contribution in [-0.4, -0.2) is 4.57 Å². The molecule has 9 aromatic carbocycles. The summed E-state index contributed by atoms with van der Waals surface area (Å²) >= 11 is 0. The maximum Gasteiger partial charge on any atom is 0.0541 e. The number of para-hydroxylation sites is 2. The van der Waals surface area contributed by atoms with Gasteiger partial charge < -0.3 is 4.57 Å². The van der Waals surface area contributed by atoms with Crippen LogP contribution in [0.1, 0.15) is 25.0 Å². The van der Waals surface area contributed by atoms with Crippen molar-refractivity contribution in [3.63, 3.8) is 0 Å². The third kappa shape index (κ3) is 3.67. The first-order chi connectivity index (χ1) is 24.6. The molecule has 50 heavy (non-hydrogen) atoms. The summed E-state index contributed by atoms with van der Waals surface area (Å²) in [6.07, 6.45) is 0. The highest BCUT2D eigenvalue weighted by Crippen LogP contribution is 2.53. The molecule has 1 aliphatic rings. The summed E-state index contributed by atoms with van der Waals surface area (Å²) in [6, 6.07) is 61.0. The minimum absolute atomic E-state index is 0.134. The van der Waals surface area contributed by atoms with Crippen LogP contribution in [0.2, 0.25) is 0 Å². The second-order valence-corrected chi connectivity index (χ2v) is 14.5. The summed E-state index contributed by atoms with van der Waals surface area (Å²) in [4.78, 5) is 0. The molecule has 0 radical (unpaired) electrons. The zero-order valence-corrected chi connectivity index (χ0v) is 28.0. The summed E-state index contributed by atoms with van der Waals surface area (Å²) < 4.78 is 2.38. The van der Waals surface area contributed by atoms with Crippen LogP contribution in [0.4, 0.5) is 0 Å². The Labute approximate surface area is 290 Å². The van der Waals surface area contributed by atoms with Gasteiger partial charge in [0.05, 0.1) is 11.0 Å². The number of aromatic nitrogens is 1. The van der Waals surface area contributed by atoms with Crippen LogP contribution < -0.4 is 0 Å². The van der Waals surface area contributed by atoms with Crippen LogP contribution in [0.3, 0.4) is 0 Å². The van der Waals surface area contributed by atoms with Gasteiger partial charge >= 0.3 is 0 Å². The van der Waals surface area contributed by atoms with Crippen molar-refractivity contribution in [3.05, 3.63) is 175 Å². The quantitative estimate of drug-likeness (QED) is 0.167. The summed E-state index contributed by atoms with van der Waals surface area (Å²) in [5, 5.41) is 13.2. The van der Waals surface area contributed by atoms with Crippen LogP contribution in [0, 0.1) is 0 Å². The fraction of sp³-hybridized carbons (Fsp3) is 0.0612. The van der Waals surface area contributed by atoms with E-state index in [4.69, 9.17) is 0 Å². The van der Waals surface area contributed by atoms with E-state index in [1.807, 2.05) is 0 Å². The lowest BCUT2D eigenvalue weighted by Crippen LogP contribution is -2.15. The van der Waals surface area contributed by atoms with Gasteiger partial charge in [-0.25, -0.2) is 0 Å². The zero-order chi connectivity index (χ0) is 33.1. The molecule has 1 heterocycles. The Bertz CT molecular complexity index is 3050. The molecule has 0 fully saturated rings. The van der Waals surface area contributed by atoms with E-state index in [1.54, 1.807) is 0 Å². The van der Waals surface area contributed by atoms with Crippen LogP contribution in [0.25, 0.3) is 92.8 Å². The van der Waals surface area contributed by atoms with Gasteiger partial charge in [-0.2, -0.15) is 0 Å². The van der Waals surface area contributed by atoms with Gasteiger partial charge in [-0.1, -0.05) is 129 Å². The Hall–Kier alpha value is -6.18. The van der Waals surface area contributed by atoms with Crippen molar-refractivity contribution in [1.29, 1.82) is 0 Å². The molecule has 0 amide bonds. The molecule has 11 rings (SSSR count). The highest BCUT2D eigenvalue weighted by Gasteiger charge is 2.37. The van der Waals surface area contributed by atoms with E-state index >= 15 is 0 Å². The van der Waals surface area contributed by atoms with E-state index in [-0.39, 0.29) is 5.41 Å². The van der Waals surface area contributed by atoms with Gasteiger partial charge in [-0.05, 0) is 125 Å². The van der Waals surface area contributed by atoms with Crippen LogP contribution in [0.5, 0.6) is 0 Å². The zero-order valence-electron chi connectivity index (χ0n) is 28.0. The molecular formula is C49H33N. The number of rotatable bonds is 2. The molecule has 1 aromatic heterocycles. The van der Waals surface area contributed by atoms with Crippen molar-refractivity contribution < 1.29 is 0 Å². The summed E-state index contributed by atoms with van der Waals surface area (Å²) in [5.41, 5.74) is 11.6. The Morgan fingerprint density at radius 1 is 0.380 bits per heavy atom. The van der Waals surface area contributed by atoms with Crippen LogP contribution >= 0.6 is 0 Å². The second-order valence-electron chi connectivity index (χ2n) is 14.5. The van der Waals surface area contributed by atoms with Gasteiger partial charge in [-0.3, -0.25) is 0 Å². The van der Waals surface area contributed by atoms with Crippen molar-refractivity contribution in [2.75, 3.05) is 0 Å². The molecule has 0 spiro atoms. The smallest absolute Gasteiger partial charge is 0.0541 e. The fourth-order valence-corrected chi connectivity index (χ4v) is 9.24. The second kappa shape index (κ2) is 9.94. The molecule has 0 aliphatic heterocycles. The molecular weight excluding hydrogens is 603 g/mol. The van der Waals surface area contributed by atoms with Crippen molar-refractivity contribution in [2.45, 2.75) is 19.3 Å². The first-order valence-corrected chi connectivity index (χ1v) is 17.6. The molecule has 0 saturated heterocycles. The first-order valence-electron chi connectivity index (χ1n) is 17.6. The van der Waals surface area contributed by atoms with Crippen LogP contribution in [-0.2, 0) is 5.41 Å². The minimum atomic E-state index is -0.134. The van der Waals surface area contributed by atoms with Gasteiger partial charge in [0.25, 0.3) is 0 Å². The molecule has 10 aromatic rings. The lowest BCUT2D eigenvalue weighted by Gasteiger charge is -2.24. The molecule has 0 atom stereocenters.